The molecule has 0 heterocycles. The van der Waals surface area contributed by atoms with Crippen LogP contribution in [0.2, 0.25) is 0 Å². The first-order chi connectivity index (χ1) is 10.1. The molecule has 5 heteroatoms. The van der Waals surface area contributed by atoms with Gasteiger partial charge in [-0.1, -0.05) is 32.3 Å². The van der Waals surface area contributed by atoms with Gasteiger partial charge in [0.25, 0.3) is 5.69 Å². The largest absolute Gasteiger partial charge is 0.312 e. The molecule has 2 rings (SSSR count). The zero-order valence-corrected chi connectivity index (χ0v) is 14.1. The van der Waals surface area contributed by atoms with Crippen molar-refractivity contribution < 1.29 is 4.92 Å². The van der Waals surface area contributed by atoms with Crippen molar-refractivity contribution >= 4 is 21.6 Å². The summed E-state index contributed by atoms with van der Waals surface area (Å²) in [4.78, 5) is 10.6. The van der Waals surface area contributed by atoms with Gasteiger partial charge in [-0.3, -0.25) is 10.1 Å². The van der Waals surface area contributed by atoms with Crippen LogP contribution >= 0.6 is 15.9 Å². The summed E-state index contributed by atoms with van der Waals surface area (Å²) in [6.07, 6.45) is 6.64. The number of rotatable bonds is 6. The fourth-order valence-electron chi connectivity index (χ4n) is 3.07. The molecule has 116 valence electrons. The topological polar surface area (TPSA) is 55.2 Å². The van der Waals surface area contributed by atoms with Crippen LogP contribution in [-0.2, 0) is 6.54 Å². The van der Waals surface area contributed by atoms with E-state index in [0.717, 1.165) is 23.9 Å². The predicted octanol–water partition coefficient (Wildman–Crippen LogP) is 4.66. The van der Waals surface area contributed by atoms with E-state index in [2.05, 4.69) is 28.2 Å². The predicted molar refractivity (Wildman–Crippen MR) is 88.2 cm³/mol. The second-order valence-corrected chi connectivity index (χ2v) is 6.82. The number of nitrogens with zero attached hydrogens (tertiary/aromatic N) is 1. The van der Waals surface area contributed by atoms with Crippen molar-refractivity contribution in [2.24, 2.45) is 11.8 Å². The molecule has 0 aromatic heterocycles. The van der Waals surface area contributed by atoms with Crippen LogP contribution in [0.3, 0.4) is 0 Å². The van der Waals surface area contributed by atoms with E-state index in [1.807, 2.05) is 6.07 Å². The molecule has 0 bridgehead atoms. The first-order valence-corrected chi connectivity index (χ1v) is 8.53. The quantitative estimate of drug-likeness (QED) is 0.596. The second kappa shape index (κ2) is 7.90. The Morgan fingerprint density at radius 3 is 2.57 bits per heavy atom. The van der Waals surface area contributed by atoms with Gasteiger partial charge in [0.1, 0.15) is 0 Å². The van der Waals surface area contributed by atoms with Crippen LogP contribution in [0, 0.1) is 22.0 Å². The van der Waals surface area contributed by atoms with Crippen molar-refractivity contribution in [3.8, 4) is 0 Å². The molecule has 4 nitrogen and oxygen atoms in total. The van der Waals surface area contributed by atoms with E-state index >= 15 is 0 Å². The zero-order valence-electron chi connectivity index (χ0n) is 12.5. The Hall–Kier alpha value is -0.940. The third-order valence-electron chi connectivity index (χ3n) is 4.51. The number of benzene rings is 1. The van der Waals surface area contributed by atoms with Crippen molar-refractivity contribution in [2.45, 2.75) is 45.6 Å². The lowest BCUT2D eigenvalue weighted by Crippen LogP contribution is -2.26. The summed E-state index contributed by atoms with van der Waals surface area (Å²) in [6.45, 7) is 3.99. The van der Waals surface area contributed by atoms with Crippen molar-refractivity contribution in [1.29, 1.82) is 0 Å². The van der Waals surface area contributed by atoms with E-state index in [-0.39, 0.29) is 10.6 Å². The van der Waals surface area contributed by atoms with Crippen LogP contribution in [0.25, 0.3) is 0 Å². The smallest absolute Gasteiger partial charge is 0.283 e. The Kier molecular flexibility index (Phi) is 6.18. The minimum atomic E-state index is -0.348. The van der Waals surface area contributed by atoms with Gasteiger partial charge in [0.05, 0.1) is 9.40 Å². The molecule has 1 N–H and O–H groups in total. The highest BCUT2D eigenvalue weighted by Crippen LogP contribution is 2.30. The molecule has 1 aliphatic carbocycles. The molecule has 1 aliphatic rings. The molecule has 0 saturated heterocycles. The van der Waals surface area contributed by atoms with Gasteiger partial charge in [0.15, 0.2) is 0 Å². The minimum Gasteiger partial charge on any atom is -0.312 e. The summed E-state index contributed by atoms with van der Waals surface area (Å²) < 4.78 is 0.536. The van der Waals surface area contributed by atoms with Gasteiger partial charge in [-0.05, 0) is 58.8 Å². The van der Waals surface area contributed by atoms with E-state index in [9.17, 15) is 10.1 Å². The molecule has 1 aromatic carbocycles. The number of nitro groups is 1. The van der Waals surface area contributed by atoms with E-state index in [0.29, 0.717) is 11.0 Å². The fraction of sp³-hybridized carbons (Fsp3) is 0.625. The van der Waals surface area contributed by atoms with Gasteiger partial charge in [-0.2, -0.15) is 0 Å². The fourth-order valence-corrected chi connectivity index (χ4v) is 3.46. The molecule has 0 aliphatic heterocycles. The van der Waals surface area contributed by atoms with E-state index in [4.69, 9.17) is 0 Å². The van der Waals surface area contributed by atoms with Gasteiger partial charge in [0, 0.05) is 12.6 Å². The molecule has 0 spiro atoms. The Morgan fingerprint density at radius 1 is 1.29 bits per heavy atom. The first kappa shape index (κ1) is 16.4. The molecule has 0 radical (unpaired) electrons. The van der Waals surface area contributed by atoms with Gasteiger partial charge in [0.2, 0.25) is 0 Å². The maximum atomic E-state index is 10.9. The standard InChI is InChI=1S/C16H23BrN2O2/c1-2-12-3-5-13(6-4-12)10-18-11-14-7-8-15(17)16(9-14)19(20)21/h7-9,12-13,18H,2-6,10-11H2,1H3. The van der Waals surface area contributed by atoms with Crippen molar-refractivity contribution in [2.75, 3.05) is 6.54 Å². The number of halogens is 1. The lowest BCUT2D eigenvalue weighted by molar-refractivity contribution is -0.385. The number of hydrogen-bond donors (Lipinski definition) is 1. The van der Waals surface area contributed by atoms with Crippen LogP contribution < -0.4 is 5.32 Å². The summed E-state index contributed by atoms with van der Waals surface area (Å²) in [7, 11) is 0. The van der Waals surface area contributed by atoms with Crippen LogP contribution in [0.5, 0.6) is 0 Å². The zero-order chi connectivity index (χ0) is 15.2. The number of hydrogen-bond acceptors (Lipinski definition) is 3. The highest BCUT2D eigenvalue weighted by molar-refractivity contribution is 9.10. The highest BCUT2D eigenvalue weighted by atomic mass is 79.9. The van der Waals surface area contributed by atoms with Gasteiger partial charge in [-0.15, -0.1) is 0 Å². The molecule has 1 saturated carbocycles. The molecule has 21 heavy (non-hydrogen) atoms. The first-order valence-electron chi connectivity index (χ1n) is 7.73. The lowest BCUT2D eigenvalue weighted by atomic mass is 9.81. The van der Waals surface area contributed by atoms with Crippen LogP contribution in [0.15, 0.2) is 22.7 Å². The summed E-state index contributed by atoms with van der Waals surface area (Å²) in [5.74, 6) is 1.69. The van der Waals surface area contributed by atoms with Crippen molar-refractivity contribution in [3.63, 3.8) is 0 Å². The Labute approximate surface area is 134 Å². The molecule has 0 amide bonds. The lowest BCUT2D eigenvalue weighted by Gasteiger charge is -2.27. The SMILES string of the molecule is CCC1CCC(CNCc2ccc(Br)c([N+](=O)[O-])c2)CC1. The summed E-state index contributed by atoms with van der Waals surface area (Å²) in [6, 6.07) is 5.32. The molecule has 0 atom stereocenters. The number of nitro benzene ring substituents is 1. The van der Waals surface area contributed by atoms with Crippen LogP contribution in [0.1, 0.15) is 44.6 Å². The summed E-state index contributed by atoms with van der Waals surface area (Å²) >= 11 is 3.21. The highest BCUT2D eigenvalue weighted by Gasteiger charge is 2.19. The number of nitrogens with one attached hydrogen (secondary N) is 1. The summed E-state index contributed by atoms with van der Waals surface area (Å²) in [5.41, 5.74) is 1.10. The van der Waals surface area contributed by atoms with Crippen LogP contribution in [-0.4, -0.2) is 11.5 Å². The molecule has 1 aromatic rings. The normalized spacial score (nSPS) is 22.2. The third-order valence-corrected chi connectivity index (χ3v) is 5.18. The monoisotopic (exact) mass is 354 g/mol. The van der Waals surface area contributed by atoms with Crippen LogP contribution in [0.4, 0.5) is 5.69 Å². The molecular weight excluding hydrogens is 332 g/mol. The second-order valence-electron chi connectivity index (χ2n) is 5.97. The van der Waals surface area contributed by atoms with E-state index in [1.165, 1.54) is 32.1 Å². The third kappa shape index (κ3) is 4.78. The van der Waals surface area contributed by atoms with Crippen molar-refractivity contribution in [3.05, 3.63) is 38.3 Å². The van der Waals surface area contributed by atoms with Gasteiger partial charge >= 0.3 is 0 Å². The Balaban J connectivity index is 1.79. The average molecular weight is 355 g/mol. The molecular formula is C16H23BrN2O2. The minimum absolute atomic E-state index is 0.137. The maximum absolute atomic E-state index is 10.9. The average Bonchev–Trinajstić information content (AvgIpc) is 2.49. The van der Waals surface area contributed by atoms with E-state index in [1.54, 1.807) is 12.1 Å². The van der Waals surface area contributed by atoms with Gasteiger partial charge < -0.3 is 5.32 Å². The maximum Gasteiger partial charge on any atom is 0.283 e. The Morgan fingerprint density at radius 2 is 1.95 bits per heavy atom. The van der Waals surface area contributed by atoms with Gasteiger partial charge in [-0.25, -0.2) is 0 Å². The van der Waals surface area contributed by atoms with Crippen molar-refractivity contribution in [1.82, 2.24) is 5.32 Å². The summed E-state index contributed by atoms with van der Waals surface area (Å²) in [5, 5.41) is 14.4. The molecule has 0 unspecified atom stereocenters. The molecule has 1 fully saturated rings. The Bertz CT molecular complexity index is 485. The van der Waals surface area contributed by atoms with E-state index < -0.39 is 0 Å².